The molecule has 1 aliphatic carbocycles. The fourth-order valence-corrected chi connectivity index (χ4v) is 8.27. The van der Waals surface area contributed by atoms with E-state index >= 15 is 0 Å². The van der Waals surface area contributed by atoms with Crippen molar-refractivity contribution in [2.75, 3.05) is 51.5 Å². The molecule has 1 amide bonds. The summed E-state index contributed by atoms with van der Waals surface area (Å²) in [6, 6.07) is 11.2. The SMILES string of the molecule is CN1CCc2c(nc(C=O)n2C)C1.CNc1cccc(-c2cccc(NC(=O)c3nc4c(n3C)CCN(CC3CCC(C)(C=O)CC3)C4)c2Cl)c1Cl.CO. The largest absolute Gasteiger partial charge is 0.400 e. The third kappa shape index (κ3) is 8.90. The van der Waals surface area contributed by atoms with Crippen molar-refractivity contribution < 1.29 is 19.5 Å². The number of aromatic nitrogens is 4. The van der Waals surface area contributed by atoms with Crippen molar-refractivity contribution in [3.05, 3.63) is 80.9 Å². The summed E-state index contributed by atoms with van der Waals surface area (Å²) in [5.41, 5.74) is 7.00. The lowest BCUT2D eigenvalue weighted by Crippen LogP contribution is -2.37. The number of halogens is 2. The summed E-state index contributed by atoms with van der Waals surface area (Å²) in [6.45, 7) is 6.65. The number of nitrogens with zero attached hydrogens (tertiary/aromatic N) is 6. The summed E-state index contributed by atoms with van der Waals surface area (Å²) in [5, 5.41) is 14.0. The van der Waals surface area contributed by atoms with Gasteiger partial charge in [-0.15, -0.1) is 0 Å². The second-order valence-electron chi connectivity index (χ2n) is 14.7. The summed E-state index contributed by atoms with van der Waals surface area (Å²) in [4.78, 5) is 49.1. The Morgan fingerprint density at radius 2 is 1.48 bits per heavy atom. The number of benzene rings is 2. The van der Waals surface area contributed by atoms with E-state index in [1.165, 1.54) is 5.69 Å². The zero-order valence-corrected chi connectivity index (χ0v) is 33.6. The molecule has 1 fully saturated rings. The fraction of sp³-hybridized carbons (Fsp3) is 0.475. The standard InChI is InChI=1S/C30H35Cl2N5O2.C9H13N3O.CH4O/c1-30(18-38)13-10-19(11-14-30)16-37-15-12-25-24(17-37)34-28(36(25)3)29(39)35-23-9-5-7-21(27(23)32)20-6-4-8-22(33-2)26(20)31;1-11-4-3-8-7(5-11)10-9(6-13)12(8)2;1-2/h4-9,18-19,33H,10-17H2,1-3H3,(H,35,39);6H,3-5H2,1-2H3;2H,1H3. The van der Waals surface area contributed by atoms with Crippen molar-refractivity contribution >= 4 is 53.1 Å². The molecule has 0 spiro atoms. The van der Waals surface area contributed by atoms with E-state index in [2.05, 4.69) is 39.4 Å². The number of likely N-dealkylation sites (N-methyl/N-ethyl adjacent to an activating group) is 1. The van der Waals surface area contributed by atoms with Crippen LogP contribution in [-0.2, 0) is 44.8 Å². The van der Waals surface area contributed by atoms with Gasteiger partial charge < -0.3 is 34.6 Å². The van der Waals surface area contributed by atoms with Crippen LogP contribution in [0.4, 0.5) is 11.4 Å². The van der Waals surface area contributed by atoms with Crippen LogP contribution in [0.25, 0.3) is 11.1 Å². The van der Waals surface area contributed by atoms with Crippen molar-refractivity contribution in [3.63, 3.8) is 0 Å². The molecule has 12 nitrogen and oxygen atoms in total. The van der Waals surface area contributed by atoms with Crippen molar-refractivity contribution in [2.45, 2.75) is 58.5 Å². The van der Waals surface area contributed by atoms with Crippen LogP contribution in [-0.4, -0.2) is 93.3 Å². The maximum atomic E-state index is 13.4. The first kappa shape index (κ1) is 41.1. The number of carbonyl (C=O) groups excluding carboxylic acids is 3. The van der Waals surface area contributed by atoms with Crippen molar-refractivity contribution in [2.24, 2.45) is 25.4 Å². The first-order valence-corrected chi connectivity index (χ1v) is 19.1. The summed E-state index contributed by atoms with van der Waals surface area (Å²) in [7, 11) is 8.69. The molecule has 0 bridgehead atoms. The molecule has 0 saturated heterocycles. The van der Waals surface area contributed by atoms with E-state index in [0.717, 1.165) is 125 Å². The number of hydrogen-bond donors (Lipinski definition) is 3. The third-order valence-corrected chi connectivity index (χ3v) is 11.8. The molecule has 4 aromatic rings. The number of amides is 1. The highest BCUT2D eigenvalue weighted by atomic mass is 35.5. The highest BCUT2D eigenvalue weighted by Gasteiger charge is 2.33. The molecular formula is C40H52Cl2N8O4. The number of imidazole rings is 2. The van der Waals surface area contributed by atoms with E-state index in [1.807, 2.05) is 60.6 Å². The predicted octanol–water partition coefficient (Wildman–Crippen LogP) is 6.27. The van der Waals surface area contributed by atoms with Gasteiger partial charge in [-0.2, -0.15) is 0 Å². The minimum absolute atomic E-state index is 0.153. The first-order valence-electron chi connectivity index (χ1n) is 18.4. The predicted molar refractivity (Wildman–Crippen MR) is 214 cm³/mol. The van der Waals surface area contributed by atoms with Crippen LogP contribution in [0, 0.1) is 11.3 Å². The lowest BCUT2D eigenvalue weighted by molar-refractivity contribution is -0.117. The first-order chi connectivity index (χ1) is 25.9. The molecule has 3 aliphatic rings. The summed E-state index contributed by atoms with van der Waals surface area (Å²) in [5.74, 6) is 1.22. The van der Waals surface area contributed by atoms with Gasteiger partial charge in [0.2, 0.25) is 0 Å². The Morgan fingerprint density at radius 1 is 0.889 bits per heavy atom. The van der Waals surface area contributed by atoms with Gasteiger partial charge in [-0.1, -0.05) is 54.4 Å². The number of rotatable bonds is 8. The number of carbonyl (C=O) groups is 3. The second-order valence-corrected chi connectivity index (χ2v) is 15.4. The Hall–Kier alpha value is -4.07. The Morgan fingerprint density at radius 3 is 2.11 bits per heavy atom. The third-order valence-electron chi connectivity index (χ3n) is 11.0. The monoisotopic (exact) mass is 778 g/mol. The van der Waals surface area contributed by atoms with Gasteiger partial charge in [-0.3, -0.25) is 14.5 Å². The van der Waals surface area contributed by atoms with E-state index in [-0.39, 0.29) is 11.3 Å². The lowest BCUT2D eigenvalue weighted by Gasteiger charge is -2.36. The van der Waals surface area contributed by atoms with Gasteiger partial charge in [0.1, 0.15) is 6.29 Å². The molecule has 2 aromatic heterocycles. The lowest BCUT2D eigenvalue weighted by atomic mass is 9.72. The van der Waals surface area contributed by atoms with Crippen molar-refractivity contribution in [1.29, 1.82) is 0 Å². The van der Waals surface area contributed by atoms with Crippen LogP contribution >= 0.6 is 23.2 Å². The number of fused-ring (bicyclic) bond motifs is 2. The van der Waals surface area contributed by atoms with E-state index < -0.39 is 0 Å². The van der Waals surface area contributed by atoms with Crippen LogP contribution in [0.1, 0.15) is 76.6 Å². The zero-order valence-electron chi connectivity index (χ0n) is 32.1. The van der Waals surface area contributed by atoms with Gasteiger partial charge in [0.05, 0.1) is 32.8 Å². The molecule has 14 heteroatoms. The van der Waals surface area contributed by atoms with Gasteiger partial charge in [0.15, 0.2) is 17.9 Å². The van der Waals surface area contributed by atoms with E-state index in [0.29, 0.717) is 33.3 Å². The molecule has 1 saturated carbocycles. The average molecular weight is 780 g/mol. The normalized spacial score (nSPS) is 19.6. The average Bonchev–Trinajstić information content (AvgIpc) is 3.69. The molecule has 290 valence electrons. The fourth-order valence-electron chi connectivity index (χ4n) is 7.68. The molecule has 54 heavy (non-hydrogen) atoms. The van der Waals surface area contributed by atoms with Crippen LogP contribution < -0.4 is 10.6 Å². The van der Waals surface area contributed by atoms with Gasteiger partial charge in [0, 0.05) is 102 Å². The molecule has 2 aliphatic heterocycles. The number of aldehydes is 2. The molecule has 3 N–H and O–H groups in total. The second kappa shape index (κ2) is 18.0. The molecule has 2 aromatic carbocycles. The molecule has 0 unspecified atom stereocenters. The summed E-state index contributed by atoms with van der Waals surface area (Å²) >= 11 is 13.4. The van der Waals surface area contributed by atoms with Gasteiger partial charge in [-0.25, -0.2) is 9.97 Å². The summed E-state index contributed by atoms with van der Waals surface area (Å²) in [6.07, 6.45) is 7.88. The number of nitrogens with one attached hydrogen (secondary N) is 2. The highest BCUT2D eigenvalue weighted by molar-refractivity contribution is 6.39. The minimum atomic E-state index is -0.298. The Labute approximate surface area is 327 Å². The Balaban J connectivity index is 0.000000312. The minimum Gasteiger partial charge on any atom is -0.400 e. The zero-order chi connectivity index (χ0) is 39.2. The molecule has 4 heterocycles. The van der Waals surface area contributed by atoms with E-state index in [4.69, 9.17) is 33.3 Å². The van der Waals surface area contributed by atoms with Crippen molar-refractivity contribution in [3.8, 4) is 11.1 Å². The van der Waals surface area contributed by atoms with Gasteiger partial charge in [-0.05, 0) is 50.8 Å². The quantitative estimate of drug-likeness (QED) is 0.177. The molecule has 0 atom stereocenters. The molecule has 0 radical (unpaired) electrons. The summed E-state index contributed by atoms with van der Waals surface area (Å²) < 4.78 is 3.80. The van der Waals surface area contributed by atoms with Crippen LogP contribution in [0.15, 0.2) is 36.4 Å². The highest BCUT2D eigenvalue weighted by Crippen LogP contribution is 2.40. The number of hydrogen-bond acceptors (Lipinski definition) is 9. The van der Waals surface area contributed by atoms with Crippen LogP contribution in [0.5, 0.6) is 0 Å². The van der Waals surface area contributed by atoms with Crippen LogP contribution in [0.2, 0.25) is 10.0 Å². The number of aliphatic hydroxyl groups is 1. The van der Waals surface area contributed by atoms with Crippen molar-refractivity contribution in [1.82, 2.24) is 28.9 Å². The van der Waals surface area contributed by atoms with Gasteiger partial charge >= 0.3 is 0 Å². The maximum absolute atomic E-state index is 13.4. The molecular weight excluding hydrogens is 727 g/mol. The van der Waals surface area contributed by atoms with Crippen LogP contribution in [0.3, 0.4) is 0 Å². The topological polar surface area (TPSA) is 138 Å². The van der Waals surface area contributed by atoms with E-state index in [1.54, 1.807) is 6.07 Å². The van der Waals surface area contributed by atoms with E-state index in [9.17, 15) is 14.4 Å². The Kier molecular flexibility index (Phi) is 13.7. The number of anilines is 2. The Bertz CT molecular complexity index is 1970. The maximum Gasteiger partial charge on any atom is 0.291 e. The van der Waals surface area contributed by atoms with Gasteiger partial charge in [0.25, 0.3) is 5.91 Å². The molecule has 7 rings (SSSR count). The number of aliphatic hydroxyl groups excluding tert-OH is 1. The smallest absolute Gasteiger partial charge is 0.291 e.